The number of hydrogen-bond acceptors (Lipinski definition) is 5. The second-order valence-electron chi connectivity index (χ2n) is 6.39. The summed E-state index contributed by atoms with van der Waals surface area (Å²) in [5, 5.41) is 5.20. The van der Waals surface area contributed by atoms with Crippen molar-refractivity contribution in [2.45, 2.75) is 45.6 Å². The summed E-state index contributed by atoms with van der Waals surface area (Å²) < 4.78 is 11.5. The summed E-state index contributed by atoms with van der Waals surface area (Å²) in [5.41, 5.74) is 10.0. The third-order valence-corrected chi connectivity index (χ3v) is 4.79. The molecule has 2 N–H and O–H groups in total. The number of benzene rings is 1. The van der Waals surface area contributed by atoms with Gasteiger partial charge in [-0.3, -0.25) is 0 Å². The lowest BCUT2D eigenvalue weighted by molar-refractivity contribution is 0.229. The van der Waals surface area contributed by atoms with Crippen LogP contribution in [0.15, 0.2) is 21.1 Å². The molecule has 1 aromatic carbocycles. The van der Waals surface area contributed by atoms with E-state index in [1.165, 1.54) is 5.56 Å². The molecule has 1 saturated carbocycles. The van der Waals surface area contributed by atoms with Crippen molar-refractivity contribution in [3.8, 4) is 11.7 Å². The van der Waals surface area contributed by atoms with E-state index in [4.69, 9.17) is 14.7 Å². The Morgan fingerprint density at radius 1 is 1.14 bits per heavy atom. The van der Waals surface area contributed by atoms with Gasteiger partial charge in [0.1, 0.15) is 5.58 Å². The highest BCUT2D eigenvalue weighted by molar-refractivity contribution is 5.91. The van der Waals surface area contributed by atoms with Crippen LogP contribution >= 0.6 is 0 Å². The average molecular weight is 297 g/mol. The predicted molar refractivity (Wildman–Crippen MR) is 83.4 cm³/mol. The van der Waals surface area contributed by atoms with Crippen molar-refractivity contribution < 1.29 is 8.94 Å². The van der Waals surface area contributed by atoms with E-state index in [9.17, 15) is 0 Å². The molecule has 22 heavy (non-hydrogen) atoms. The van der Waals surface area contributed by atoms with E-state index < -0.39 is 5.54 Å². The summed E-state index contributed by atoms with van der Waals surface area (Å²) >= 11 is 0. The van der Waals surface area contributed by atoms with Crippen LogP contribution in [0, 0.1) is 20.8 Å². The van der Waals surface area contributed by atoms with Gasteiger partial charge in [-0.15, -0.1) is 0 Å². The lowest BCUT2D eigenvalue weighted by Gasteiger charge is -2.34. The molecule has 2 aromatic heterocycles. The molecular formula is C17H19N3O2. The molecule has 4 rings (SSSR count). The summed E-state index contributed by atoms with van der Waals surface area (Å²) in [6, 6.07) is 4.17. The Morgan fingerprint density at radius 2 is 1.86 bits per heavy atom. The van der Waals surface area contributed by atoms with Gasteiger partial charge in [0.05, 0.1) is 5.54 Å². The Hall–Kier alpha value is -2.14. The highest BCUT2D eigenvalue weighted by atomic mass is 16.5. The highest BCUT2D eigenvalue weighted by Gasteiger charge is 2.39. The first-order valence-electron chi connectivity index (χ1n) is 7.62. The van der Waals surface area contributed by atoms with Crippen LogP contribution in [0.3, 0.4) is 0 Å². The van der Waals surface area contributed by atoms with Gasteiger partial charge in [-0.05, 0) is 51.2 Å². The molecule has 1 aliphatic rings. The average Bonchev–Trinajstić information content (AvgIpc) is 3.06. The quantitative estimate of drug-likeness (QED) is 0.779. The van der Waals surface area contributed by atoms with Gasteiger partial charge in [0.15, 0.2) is 11.6 Å². The van der Waals surface area contributed by atoms with Gasteiger partial charge in [-0.1, -0.05) is 17.3 Å². The number of fused-ring (bicyclic) bond motifs is 1. The number of nitrogens with two attached hydrogens (primary N) is 1. The van der Waals surface area contributed by atoms with Crippen LogP contribution in [0.2, 0.25) is 0 Å². The first-order chi connectivity index (χ1) is 10.5. The molecule has 0 atom stereocenters. The standard InChI is InChI=1S/C17H19N3O2/c1-9-5-6-10(2)13-12(9)11(3)14(21-13)15-19-16(20-22-15)17(18)7-4-8-17/h5-6H,4,7-8,18H2,1-3H3. The number of aryl methyl sites for hydroxylation is 3. The van der Waals surface area contributed by atoms with Crippen molar-refractivity contribution >= 4 is 11.0 Å². The fourth-order valence-electron chi connectivity index (χ4n) is 3.18. The zero-order valence-corrected chi connectivity index (χ0v) is 13.1. The van der Waals surface area contributed by atoms with Gasteiger partial charge < -0.3 is 14.7 Å². The molecule has 5 nitrogen and oxygen atoms in total. The fraction of sp³-hybridized carbons (Fsp3) is 0.412. The molecular weight excluding hydrogens is 278 g/mol. The Labute approximate surface area is 128 Å². The van der Waals surface area contributed by atoms with Crippen LogP contribution in [-0.4, -0.2) is 10.1 Å². The third kappa shape index (κ3) is 1.75. The second kappa shape index (κ2) is 4.43. The SMILES string of the molecule is Cc1ccc(C)c2c(C)c(-c3nc(C4(N)CCC4)no3)oc12. The highest BCUT2D eigenvalue weighted by Crippen LogP contribution is 2.39. The van der Waals surface area contributed by atoms with Gasteiger partial charge in [-0.25, -0.2) is 0 Å². The molecule has 114 valence electrons. The molecule has 0 spiro atoms. The summed E-state index contributed by atoms with van der Waals surface area (Å²) in [4.78, 5) is 4.49. The van der Waals surface area contributed by atoms with Crippen molar-refractivity contribution in [3.63, 3.8) is 0 Å². The van der Waals surface area contributed by atoms with Crippen molar-refractivity contribution in [1.29, 1.82) is 0 Å². The Balaban J connectivity index is 1.86. The molecule has 0 amide bonds. The number of furan rings is 1. The molecule has 0 saturated heterocycles. The van der Waals surface area contributed by atoms with Crippen LogP contribution in [0.5, 0.6) is 0 Å². The number of rotatable bonds is 2. The smallest absolute Gasteiger partial charge is 0.294 e. The monoisotopic (exact) mass is 297 g/mol. The largest absolute Gasteiger partial charge is 0.450 e. The third-order valence-electron chi connectivity index (χ3n) is 4.79. The van der Waals surface area contributed by atoms with Crippen molar-refractivity contribution in [3.05, 3.63) is 34.6 Å². The summed E-state index contributed by atoms with van der Waals surface area (Å²) in [6.07, 6.45) is 2.93. The number of hydrogen-bond donors (Lipinski definition) is 1. The molecule has 5 heteroatoms. The van der Waals surface area contributed by atoms with E-state index >= 15 is 0 Å². The zero-order chi connectivity index (χ0) is 15.5. The second-order valence-corrected chi connectivity index (χ2v) is 6.39. The maximum absolute atomic E-state index is 6.26. The summed E-state index contributed by atoms with van der Waals surface area (Å²) in [5.74, 6) is 1.65. The molecule has 1 fully saturated rings. The minimum absolute atomic E-state index is 0.416. The van der Waals surface area contributed by atoms with Gasteiger partial charge in [0, 0.05) is 10.9 Å². The Kier molecular flexibility index (Phi) is 2.72. The van der Waals surface area contributed by atoms with E-state index in [0.29, 0.717) is 17.5 Å². The van der Waals surface area contributed by atoms with E-state index in [-0.39, 0.29) is 0 Å². The normalized spacial score (nSPS) is 16.9. The minimum atomic E-state index is -0.423. The zero-order valence-electron chi connectivity index (χ0n) is 13.1. The van der Waals surface area contributed by atoms with Crippen LogP contribution in [-0.2, 0) is 5.54 Å². The van der Waals surface area contributed by atoms with E-state index in [1.54, 1.807) is 0 Å². The molecule has 1 aliphatic carbocycles. The summed E-state index contributed by atoms with van der Waals surface area (Å²) in [6.45, 7) is 6.15. The maximum atomic E-state index is 6.26. The minimum Gasteiger partial charge on any atom is -0.450 e. The molecule has 0 aliphatic heterocycles. The first kappa shape index (κ1) is 13.5. The fourth-order valence-corrected chi connectivity index (χ4v) is 3.18. The summed E-state index contributed by atoms with van der Waals surface area (Å²) in [7, 11) is 0. The Bertz CT molecular complexity index is 872. The van der Waals surface area contributed by atoms with E-state index in [0.717, 1.165) is 41.4 Å². The van der Waals surface area contributed by atoms with E-state index in [2.05, 4.69) is 29.2 Å². The van der Waals surface area contributed by atoms with Crippen molar-refractivity contribution in [2.24, 2.45) is 5.73 Å². The van der Waals surface area contributed by atoms with Gasteiger partial charge in [-0.2, -0.15) is 4.98 Å². The van der Waals surface area contributed by atoms with Gasteiger partial charge in [0.25, 0.3) is 5.89 Å². The lowest BCUT2D eigenvalue weighted by atomic mass is 9.77. The predicted octanol–water partition coefficient (Wildman–Crippen LogP) is 3.75. The molecule has 3 aromatic rings. The van der Waals surface area contributed by atoms with Gasteiger partial charge >= 0.3 is 0 Å². The van der Waals surface area contributed by atoms with Crippen LogP contribution in [0.1, 0.15) is 41.8 Å². The Morgan fingerprint density at radius 3 is 2.50 bits per heavy atom. The van der Waals surface area contributed by atoms with Crippen LogP contribution in [0.25, 0.3) is 22.6 Å². The van der Waals surface area contributed by atoms with Crippen molar-refractivity contribution in [2.75, 3.05) is 0 Å². The topological polar surface area (TPSA) is 78.1 Å². The van der Waals surface area contributed by atoms with Crippen LogP contribution in [0.4, 0.5) is 0 Å². The van der Waals surface area contributed by atoms with Crippen molar-refractivity contribution in [1.82, 2.24) is 10.1 Å². The van der Waals surface area contributed by atoms with Crippen LogP contribution < -0.4 is 5.73 Å². The molecule has 0 bridgehead atoms. The number of nitrogens with zero attached hydrogens (tertiary/aromatic N) is 2. The first-order valence-corrected chi connectivity index (χ1v) is 7.62. The molecule has 0 radical (unpaired) electrons. The number of aromatic nitrogens is 2. The maximum Gasteiger partial charge on any atom is 0.294 e. The van der Waals surface area contributed by atoms with Gasteiger partial charge in [0.2, 0.25) is 0 Å². The molecule has 2 heterocycles. The van der Waals surface area contributed by atoms with E-state index in [1.807, 2.05) is 13.8 Å². The molecule has 0 unspecified atom stereocenters. The lowest BCUT2D eigenvalue weighted by Crippen LogP contribution is -2.44.